The number of aromatic amines is 1. The van der Waals surface area contributed by atoms with Gasteiger partial charge in [0.1, 0.15) is 0 Å². The molecule has 2 aromatic rings. The molecule has 0 fully saturated rings. The minimum Gasteiger partial charge on any atom is -0.305 e. The largest absolute Gasteiger partial charge is 0.345 e. The number of fused-ring (bicyclic) bond motifs is 1. The van der Waals surface area contributed by atoms with Crippen molar-refractivity contribution in [2.75, 3.05) is 0 Å². The van der Waals surface area contributed by atoms with E-state index in [0.717, 1.165) is 10.9 Å². The molecule has 1 aromatic heterocycles. The van der Waals surface area contributed by atoms with Crippen molar-refractivity contribution in [3.05, 3.63) is 40.9 Å². The van der Waals surface area contributed by atoms with Gasteiger partial charge in [0, 0.05) is 11.6 Å². The molecular formula is C8H7FN2O. The van der Waals surface area contributed by atoms with Gasteiger partial charge in [0.2, 0.25) is 0 Å². The summed E-state index contributed by atoms with van der Waals surface area (Å²) >= 11 is 0. The molecule has 0 aliphatic carbocycles. The number of H-pyrrole nitrogens is 1. The standard InChI is InChI=1S/C8H6N2O.FH/c11-8-9-5-6-3-1-2-4-7(6)10-8;/h1-5H,(H,9,10,11);1H. The fraction of sp³-hybridized carbons (Fsp3) is 0. The van der Waals surface area contributed by atoms with Crippen LogP contribution in [-0.4, -0.2) is 9.97 Å². The van der Waals surface area contributed by atoms with Crippen LogP contribution in [0.5, 0.6) is 0 Å². The Morgan fingerprint density at radius 1 is 1.25 bits per heavy atom. The zero-order valence-corrected chi connectivity index (χ0v) is 6.15. The van der Waals surface area contributed by atoms with Crippen molar-refractivity contribution in [1.82, 2.24) is 9.97 Å². The Labute approximate surface area is 67.4 Å². The summed E-state index contributed by atoms with van der Waals surface area (Å²) in [6.07, 6.45) is 1.56. The fourth-order valence-corrected chi connectivity index (χ4v) is 0.999. The van der Waals surface area contributed by atoms with Crippen molar-refractivity contribution in [3.63, 3.8) is 0 Å². The molecule has 0 amide bonds. The Hall–Kier alpha value is -1.71. The van der Waals surface area contributed by atoms with Gasteiger partial charge in [-0.3, -0.25) is 4.70 Å². The second-order valence-electron chi connectivity index (χ2n) is 2.28. The quantitative estimate of drug-likeness (QED) is 0.636. The summed E-state index contributed by atoms with van der Waals surface area (Å²) in [5, 5.41) is 0.951. The average molecular weight is 166 g/mol. The van der Waals surface area contributed by atoms with Crippen LogP contribution in [0.2, 0.25) is 0 Å². The first-order chi connectivity index (χ1) is 5.36. The van der Waals surface area contributed by atoms with Crippen LogP contribution >= 0.6 is 0 Å². The number of hydrogen-bond acceptors (Lipinski definition) is 2. The zero-order chi connectivity index (χ0) is 7.68. The first kappa shape index (κ1) is 8.39. The van der Waals surface area contributed by atoms with E-state index in [1.165, 1.54) is 0 Å². The number of para-hydroxylation sites is 1. The number of hydrogen-bond donors (Lipinski definition) is 1. The lowest BCUT2D eigenvalue weighted by Crippen LogP contribution is -2.07. The second kappa shape index (κ2) is 3.13. The van der Waals surface area contributed by atoms with Gasteiger partial charge in [-0.15, -0.1) is 0 Å². The molecule has 3 nitrogen and oxygen atoms in total. The monoisotopic (exact) mass is 166 g/mol. The molecule has 0 radical (unpaired) electrons. The van der Waals surface area contributed by atoms with E-state index >= 15 is 0 Å². The third kappa shape index (κ3) is 1.32. The maximum absolute atomic E-state index is 10.7. The molecular weight excluding hydrogens is 159 g/mol. The highest BCUT2D eigenvalue weighted by Crippen LogP contribution is 2.05. The molecule has 0 aliphatic heterocycles. The number of aromatic nitrogens is 2. The van der Waals surface area contributed by atoms with Crippen molar-refractivity contribution in [2.24, 2.45) is 0 Å². The van der Waals surface area contributed by atoms with Crippen LogP contribution in [0, 0.1) is 0 Å². The minimum atomic E-state index is -0.302. The summed E-state index contributed by atoms with van der Waals surface area (Å²) in [6, 6.07) is 7.53. The first-order valence-electron chi connectivity index (χ1n) is 3.30. The number of nitrogens with one attached hydrogen (secondary N) is 1. The van der Waals surface area contributed by atoms with Crippen LogP contribution < -0.4 is 5.69 Å². The minimum absolute atomic E-state index is 0. The van der Waals surface area contributed by atoms with E-state index in [9.17, 15) is 4.79 Å². The molecule has 4 heteroatoms. The third-order valence-electron chi connectivity index (χ3n) is 1.52. The Balaban J connectivity index is 0.000000720. The topological polar surface area (TPSA) is 45.8 Å². The Morgan fingerprint density at radius 2 is 2.00 bits per heavy atom. The SMILES string of the molecule is F.O=c1ncc2ccccc2[nH]1. The molecule has 12 heavy (non-hydrogen) atoms. The fourth-order valence-electron chi connectivity index (χ4n) is 0.999. The summed E-state index contributed by atoms with van der Waals surface area (Å²) in [5.41, 5.74) is 0.524. The lowest BCUT2D eigenvalue weighted by molar-refractivity contribution is 1.11. The van der Waals surface area contributed by atoms with Gasteiger partial charge in [-0.05, 0) is 6.07 Å². The molecule has 0 atom stereocenters. The third-order valence-corrected chi connectivity index (χ3v) is 1.52. The van der Waals surface area contributed by atoms with E-state index < -0.39 is 0 Å². The number of halogens is 1. The lowest BCUT2D eigenvalue weighted by atomic mass is 10.2. The van der Waals surface area contributed by atoms with Crippen LogP contribution in [0.15, 0.2) is 35.3 Å². The molecule has 0 bridgehead atoms. The van der Waals surface area contributed by atoms with Crippen molar-refractivity contribution in [3.8, 4) is 0 Å². The van der Waals surface area contributed by atoms with Crippen molar-refractivity contribution in [2.45, 2.75) is 0 Å². The van der Waals surface area contributed by atoms with Gasteiger partial charge < -0.3 is 4.98 Å². The van der Waals surface area contributed by atoms with Gasteiger partial charge >= 0.3 is 5.69 Å². The van der Waals surface area contributed by atoms with E-state index in [2.05, 4.69) is 9.97 Å². The predicted molar refractivity (Wildman–Crippen MR) is 44.9 cm³/mol. The molecule has 1 heterocycles. The molecule has 0 aliphatic rings. The normalized spacial score (nSPS) is 9.33. The smallest absolute Gasteiger partial charge is 0.305 e. The summed E-state index contributed by atoms with van der Waals surface area (Å²) in [4.78, 5) is 16.9. The molecule has 0 saturated carbocycles. The van der Waals surface area contributed by atoms with E-state index in [0.29, 0.717) is 0 Å². The van der Waals surface area contributed by atoms with E-state index in [1.807, 2.05) is 24.3 Å². The van der Waals surface area contributed by atoms with Crippen LogP contribution in [-0.2, 0) is 0 Å². The van der Waals surface area contributed by atoms with Crippen LogP contribution in [0.4, 0.5) is 4.70 Å². The van der Waals surface area contributed by atoms with Crippen LogP contribution in [0.1, 0.15) is 0 Å². The highest BCUT2D eigenvalue weighted by Gasteiger charge is 1.90. The summed E-state index contributed by atoms with van der Waals surface area (Å²) in [5.74, 6) is 0. The van der Waals surface area contributed by atoms with E-state index in [4.69, 9.17) is 0 Å². The second-order valence-corrected chi connectivity index (χ2v) is 2.28. The van der Waals surface area contributed by atoms with Crippen LogP contribution in [0.3, 0.4) is 0 Å². The highest BCUT2D eigenvalue weighted by atomic mass is 19.0. The Morgan fingerprint density at radius 3 is 2.83 bits per heavy atom. The Bertz CT molecular complexity index is 438. The van der Waals surface area contributed by atoms with E-state index in [1.54, 1.807) is 6.20 Å². The van der Waals surface area contributed by atoms with Gasteiger partial charge in [0.15, 0.2) is 0 Å². The summed E-state index contributed by atoms with van der Waals surface area (Å²) in [6.45, 7) is 0. The van der Waals surface area contributed by atoms with Gasteiger partial charge in [-0.2, -0.15) is 0 Å². The van der Waals surface area contributed by atoms with Crippen molar-refractivity contribution >= 4 is 10.9 Å². The first-order valence-corrected chi connectivity index (χ1v) is 3.30. The van der Waals surface area contributed by atoms with Gasteiger partial charge in [0.05, 0.1) is 5.52 Å². The number of nitrogens with zero attached hydrogens (tertiary/aromatic N) is 1. The number of benzene rings is 1. The molecule has 2 rings (SSSR count). The van der Waals surface area contributed by atoms with Gasteiger partial charge in [-0.25, -0.2) is 9.78 Å². The molecule has 0 unspecified atom stereocenters. The molecule has 1 aromatic carbocycles. The number of rotatable bonds is 0. The van der Waals surface area contributed by atoms with Crippen LogP contribution in [0.25, 0.3) is 10.9 Å². The average Bonchev–Trinajstić information content (AvgIpc) is 2.04. The maximum atomic E-state index is 10.7. The summed E-state index contributed by atoms with van der Waals surface area (Å²) in [7, 11) is 0. The lowest BCUT2D eigenvalue weighted by Gasteiger charge is -1.92. The maximum Gasteiger partial charge on any atom is 0.345 e. The van der Waals surface area contributed by atoms with Crippen molar-refractivity contribution in [1.29, 1.82) is 0 Å². The zero-order valence-electron chi connectivity index (χ0n) is 6.15. The molecule has 62 valence electrons. The van der Waals surface area contributed by atoms with Gasteiger partial charge in [-0.1, -0.05) is 18.2 Å². The van der Waals surface area contributed by atoms with E-state index in [-0.39, 0.29) is 10.4 Å². The van der Waals surface area contributed by atoms with Crippen molar-refractivity contribution < 1.29 is 4.70 Å². The predicted octanol–water partition coefficient (Wildman–Crippen LogP) is 1.08. The molecule has 0 saturated heterocycles. The molecule has 0 spiro atoms. The highest BCUT2D eigenvalue weighted by molar-refractivity contribution is 5.76. The Kier molecular flexibility index (Phi) is 2.19. The summed E-state index contributed by atoms with van der Waals surface area (Å²) < 4.78 is 0. The van der Waals surface area contributed by atoms with Gasteiger partial charge in [0.25, 0.3) is 0 Å². The molecule has 1 N–H and O–H groups in total.